The molecule has 0 spiro atoms. The molecule has 1 aliphatic rings. The highest BCUT2D eigenvalue weighted by Gasteiger charge is 2.42. The van der Waals surface area contributed by atoms with Gasteiger partial charge >= 0.3 is 0 Å². The molecule has 0 aromatic heterocycles. The molecule has 0 aliphatic carbocycles. The number of carbonyl (C=O) groups excluding carboxylic acids is 1. The van der Waals surface area contributed by atoms with Crippen molar-refractivity contribution in [1.82, 2.24) is 4.90 Å². The maximum atomic E-state index is 12.8. The standard InChI is InChI=1S/C23H29NO4/c1-2-12-23(17-25)13-14-24(15-21(23)26)22(27)19-10-8-18(9-11-19)16-28-20-6-4-3-5-7-20/h3-11,21,25-26H,2,12-17H2,1H3/t21-,23-/m1/s1. The van der Waals surface area contributed by atoms with Gasteiger partial charge in [-0.2, -0.15) is 0 Å². The number of hydrogen-bond acceptors (Lipinski definition) is 4. The van der Waals surface area contributed by atoms with Crippen LogP contribution < -0.4 is 4.74 Å². The first-order valence-corrected chi connectivity index (χ1v) is 9.93. The summed E-state index contributed by atoms with van der Waals surface area (Å²) in [6, 6.07) is 17.0. The zero-order chi connectivity index (χ0) is 20.0. The van der Waals surface area contributed by atoms with E-state index in [1.807, 2.05) is 49.4 Å². The lowest BCUT2D eigenvalue weighted by Crippen LogP contribution is -2.54. The number of piperidine rings is 1. The molecule has 2 N–H and O–H groups in total. The first kappa shape index (κ1) is 20.4. The monoisotopic (exact) mass is 383 g/mol. The second-order valence-electron chi connectivity index (χ2n) is 7.59. The van der Waals surface area contributed by atoms with Crippen molar-refractivity contribution in [3.63, 3.8) is 0 Å². The number of nitrogens with zero attached hydrogens (tertiary/aromatic N) is 1. The average molecular weight is 383 g/mol. The van der Waals surface area contributed by atoms with Gasteiger partial charge in [0.15, 0.2) is 0 Å². The van der Waals surface area contributed by atoms with Crippen LogP contribution in [0.3, 0.4) is 0 Å². The van der Waals surface area contributed by atoms with Crippen LogP contribution in [0.5, 0.6) is 5.75 Å². The molecule has 2 aromatic carbocycles. The van der Waals surface area contributed by atoms with Crippen molar-refractivity contribution in [3.05, 3.63) is 65.7 Å². The lowest BCUT2D eigenvalue weighted by molar-refractivity contribution is -0.0713. The minimum Gasteiger partial charge on any atom is -0.489 e. The minimum atomic E-state index is -0.700. The molecule has 2 atom stereocenters. The zero-order valence-corrected chi connectivity index (χ0v) is 16.4. The molecular formula is C23H29NO4. The van der Waals surface area contributed by atoms with Gasteiger partial charge in [0, 0.05) is 24.1 Å². The maximum Gasteiger partial charge on any atom is 0.253 e. The molecule has 150 valence electrons. The number of aliphatic hydroxyl groups is 2. The van der Waals surface area contributed by atoms with Gasteiger partial charge in [-0.3, -0.25) is 4.79 Å². The topological polar surface area (TPSA) is 70.0 Å². The molecule has 3 rings (SSSR count). The summed E-state index contributed by atoms with van der Waals surface area (Å²) in [4.78, 5) is 14.5. The Hall–Kier alpha value is -2.37. The molecule has 28 heavy (non-hydrogen) atoms. The Labute approximate surface area is 166 Å². The number of para-hydroxylation sites is 1. The van der Waals surface area contributed by atoms with Crippen LogP contribution in [-0.2, 0) is 6.61 Å². The van der Waals surface area contributed by atoms with Gasteiger partial charge < -0.3 is 19.8 Å². The normalized spacial score (nSPS) is 22.1. The second kappa shape index (κ2) is 9.22. The van der Waals surface area contributed by atoms with Gasteiger partial charge in [-0.1, -0.05) is 43.7 Å². The summed E-state index contributed by atoms with van der Waals surface area (Å²) < 4.78 is 5.73. The Kier molecular flexibility index (Phi) is 6.70. The predicted molar refractivity (Wildman–Crippen MR) is 108 cm³/mol. The van der Waals surface area contributed by atoms with Crippen molar-refractivity contribution < 1.29 is 19.7 Å². The fourth-order valence-corrected chi connectivity index (χ4v) is 3.86. The van der Waals surface area contributed by atoms with E-state index in [0.29, 0.717) is 25.1 Å². The van der Waals surface area contributed by atoms with Crippen LogP contribution >= 0.6 is 0 Å². The number of benzene rings is 2. The van der Waals surface area contributed by atoms with Crippen LogP contribution in [0, 0.1) is 5.41 Å². The van der Waals surface area contributed by atoms with Crippen LogP contribution in [-0.4, -0.2) is 46.8 Å². The summed E-state index contributed by atoms with van der Waals surface area (Å²) in [6.45, 7) is 3.26. The number of likely N-dealkylation sites (tertiary alicyclic amines) is 1. The molecule has 2 aromatic rings. The number of ether oxygens (including phenoxy) is 1. The van der Waals surface area contributed by atoms with Gasteiger partial charge in [0.2, 0.25) is 0 Å². The molecule has 1 amide bonds. The summed E-state index contributed by atoms with van der Waals surface area (Å²) in [7, 11) is 0. The number of rotatable bonds is 7. The number of hydrogen-bond donors (Lipinski definition) is 2. The molecule has 0 radical (unpaired) electrons. The van der Waals surface area contributed by atoms with Gasteiger partial charge in [0.1, 0.15) is 12.4 Å². The SMILES string of the molecule is CCC[C@]1(CO)CCN(C(=O)c2ccc(COc3ccccc3)cc2)C[C@H]1O. The molecular weight excluding hydrogens is 354 g/mol. The van der Waals surface area contributed by atoms with Crippen molar-refractivity contribution in [2.24, 2.45) is 5.41 Å². The maximum absolute atomic E-state index is 12.8. The number of aliphatic hydroxyl groups excluding tert-OH is 2. The van der Waals surface area contributed by atoms with Crippen molar-refractivity contribution in [3.8, 4) is 5.75 Å². The van der Waals surface area contributed by atoms with Gasteiger partial charge in [0.25, 0.3) is 5.91 Å². The van der Waals surface area contributed by atoms with E-state index >= 15 is 0 Å². The Morgan fingerprint density at radius 2 is 1.89 bits per heavy atom. The molecule has 1 fully saturated rings. The van der Waals surface area contributed by atoms with Crippen molar-refractivity contribution >= 4 is 5.91 Å². The van der Waals surface area contributed by atoms with E-state index in [1.54, 1.807) is 17.0 Å². The second-order valence-corrected chi connectivity index (χ2v) is 7.59. The Morgan fingerprint density at radius 3 is 2.50 bits per heavy atom. The molecule has 1 aliphatic heterocycles. The molecule has 0 saturated carbocycles. The number of carbonyl (C=O) groups is 1. The van der Waals surface area contributed by atoms with Crippen LogP contribution in [0.2, 0.25) is 0 Å². The highest BCUT2D eigenvalue weighted by Crippen LogP contribution is 2.36. The van der Waals surface area contributed by atoms with E-state index in [4.69, 9.17) is 4.74 Å². The van der Waals surface area contributed by atoms with Gasteiger partial charge in [0.05, 0.1) is 12.7 Å². The third kappa shape index (κ3) is 4.54. The molecule has 1 saturated heterocycles. The van der Waals surface area contributed by atoms with Crippen LogP contribution in [0.4, 0.5) is 0 Å². The third-order valence-electron chi connectivity index (χ3n) is 5.68. The Morgan fingerprint density at radius 1 is 1.18 bits per heavy atom. The predicted octanol–water partition coefficient (Wildman–Crippen LogP) is 3.25. The van der Waals surface area contributed by atoms with E-state index in [2.05, 4.69) is 0 Å². The van der Waals surface area contributed by atoms with Gasteiger partial charge in [-0.05, 0) is 42.7 Å². The highest BCUT2D eigenvalue weighted by atomic mass is 16.5. The van der Waals surface area contributed by atoms with E-state index < -0.39 is 11.5 Å². The molecule has 0 bridgehead atoms. The summed E-state index contributed by atoms with van der Waals surface area (Å²) in [5.41, 5.74) is 1.11. The quantitative estimate of drug-likeness (QED) is 0.770. The Bertz CT molecular complexity index is 762. The average Bonchev–Trinajstić information content (AvgIpc) is 2.74. The molecule has 1 heterocycles. The van der Waals surface area contributed by atoms with Crippen LogP contribution in [0.25, 0.3) is 0 Å². The fourth-order valence-electron chi connectivity index (χ4n) is 3.86. The smallest absolute Gasteiger partial charge is 0.253 e. The van der Waals surface area contributed by atoms with E-state index in [1.165, 1.54) is 0 Å². The summed E-state index contributed by atoms with van der Waals surface area (Å²) in [5, 5.41) is 20.3. The molecule has 5 nitrogen and oxygen atoms in total. The first-order chi connectivity index (χ1) is 13.6. The van der Waals surface area contributed by atoms with Crippen LogP contribution in [0.1, 0.15) is 42.1 Å². The minimum absolute atomic E-state index is 0.0415. The molecule has 5 heteroatoms. The largest absolute Gasteiger partial charge is 0.489 e. The van der Waals surface area contributed by atoms with Crippen molar-refractivity contribution in [2.45, 2.75) is 38.9 Å². The first-order valence-electron chi connectivity index (χ1n) is 9.93. The number of amides is 1. The van der Waals surface area contributed by atoms with E-state index in [-0.39, 0.29) is 19.1 Å². The fraction of sp³-hybridized carbons (Fsp3) is 0.435. The highest BCUT2D eigenvalue weighted by molar-refractivity contribution is 5.94. The summed E-state index contributed by atoms with van der Waals surface area (Å²) in [5.74, 6) is 0.724. The third-order valence-corrected chi connectivity index (χ3v) is 5.68. The van der Waals surface area contributed by atoms with Crippen molar-refractivity contribution in [1.29, 1.82) is 0 Å². The summed E-state index contributed by atoms with van der Waals surface area (Å²) >= 11 is 0. The summed E-state index contributed by atoms with van der Waals surface area (Å²) in [6.07, 6.45) is 1.59. The van der Waals surface area contributed by atoms with Crippen LogP contribution in [0.15, 0.2) is 54.6 Å². The van der Waals surface area contributed by atoms with Crippen molar-refractivity contribution in [2.75, 3.05) is 19.7 Å². The lowest BCUT2D eigenvalue weighted by atomic mass is 9.73. The Balaban J connectivity index is 1.59. The van der Waals surface area contributed by atoms with Gasteiger partial charge in [-0.15, -0.1) is 0 Å². The van der Waals surface area contributed by atoms with E-state index in [9.17, 15) is 15.0 Å². The number of β-amino-alcohol motifs (C(OH)–C–C–N with tert-alkyl or cyclic N) is 1. The lowest BCUT2D eigenvalue weighted by Gasteiger charge is -2.44. The molecule has 0 unspecified atom stereocenters. The van der Waals surface area contributed by atoms with E-state index in [0.717, 1.165) is 24.2 Å². The zero-order valence-electron chi connectivity index (χ0n) is 16.4. The van der Waals surface area contributed by atoms with Gasteiger partial charge in [-0.25, -0.2) is 0 Å².